The first kappa shape index (κ1) is 15.9. The summed E-state index contributed by atoms with van der Waals surface area (Å²) in [5.74, 6) is 5.44. The number of hydrogen-bond acceptors (Lipinski definition) is 2. The first-order valence-corrected chi connectivity index (χ1v) is 8.05. The SMILES string of the molecule is Cc1cccc(C(Cc2cccc(F)c2Br)NN)c1I. The van der Waals surface area contributed by atoms with Gasteiger partial charge < -0.3 is 0 Å². The van der Waals surface area contributed by atoms with Crippen molar-refractivity contribution in [2.24, 2.45) is 5.84 Å². The van der Waals surface area contributed by atoms with Gasteiger partial charge in [-0.2, -0.15) is 0 Å². The second kappa shape index (κ2) is 6.98. The number of rotatable bonds is 4. The number of nitrogens with two attached hydrogens (primary N) is 1. The summed E-state index contributed by atoms with van der Waals surface area (Å²) in [5, 5.41) is 0. The lowest BCUT2D eigenvalue weighted by molar-refractivity contribution is 0.544. The van der Waals surface area contributed by atoms with Gasteiger partial charge in [0.1, 0.15) is 5.82 Å². The number of nitrogens with one attached hydrogen (secondary N) is 1. The molecule has 2 aromatic rings. The molecular formula is C15H15BrFIN2. The zero-order valence-corrected chi connectivity index (χ0v) is 14.7. The van der Waals surface area contributed by atoms with E-state index in [0.29, 0.717) is 10.9 Å². The Morgan fingerprint density at radius 2 is 2.00 bits per heavy atom. The van der Waals surface area contributed by atoms with E-state index < -0.39 is 0 Å². The highest BCUT2D eigenvalue weighted by Gasteiger charge is 2.17. The predicted octanol–water partition coefficient (Wildman–Crippen LogP) is 4.25. The van der Waals surface area contributed by atoms with E-state index in [1.807, 2.05) is 18.2 Å². The molecule has 1 unspecified atom stereocenters. The van der Waals surface area contributed by atoms with E-state index in [0.717, 1.165) is 11.1 Å². The monoisotopic (exact) mass is 448 g/mol. The average molecular weight is 449 g/mol. The number of aryl methyl sites for hydroxylation is 1. The Bertz CT molecular complexity index is 619. The summed E-state index contributed by atoms with van der Waals surface area (Å²) >= 11 is 5.62. The Labute approximate surface area is 140 Å². The van der Waals surface area contributed by atoms with Gasteiger partial charge in [0.25, 0.3) is 0 Å². The van der Waals surface area contributed by atoms with Gasteiger partial charge in [0.2, 0.25) is 0 Å². The maximum atomic E-state index is 13.6. The molecular weight excluding hydrogens is 434 g/mol. The highest BCUT2D eigenvalue weighted by Crippen LogP contribution is 2.28. The molecule has 0 bridgehead atoms. The fourth-order valence-electron chi connectivity index (χ4n) is 2.12. The van der Waals surface area contributed by atoms with Crippen LogP contribution in [0.25, 0.3) is 0 Å². The van der Waals surface area contributed by atoms with Crippen LogP contribution in [0.4, 0.5) is 4.39 Å². The minimum absolute atomic E-state index is 0.0556. The van der Waals surface area contributed by atoms with Gasteiger partial charge in [0, 0.05) is 3.57 Å². The summed E-state index contributed by atoms with van der Waals surface area (Å²) < 4.78 is 15.3. The van der Waals surface area contributed by atoms with Gasteiger partial charge in [0.15, 0.2) is 0 Å². The van der Waals surface area contributed by atoms with Crippen molar-refractivity contribution in [1.29, 1.82) is 0 Å². The summed E-state index contributed by atoms with van der Waals surface area (Å²) in [5.41, 5.74) is 6.07. The second-order valence-electron chi connectivity index (χ2n) is 4.61. The third-order valence-electron chi connectivity index (χ3n) is 3.25. The van der Waals surface area contributed by atoms with Crippen molar-refractivity contribution >= 4 is 38.5 Å². The fourth-order valence-corrected chi connectivity index (χ4v) is 3.29. The molecule has 0 amide bonds. The third-order valence-corrected chi connectivity index (χ3v) is 5.62. The highest BCUT2D eigenvalue weighted by atomic mass is 127. The molecule has 2 aromatic carbocycles. The number of benzene rings is 2. The lowest BCUT2D eigenvalue weighted by Crippen LogP contribution is -2.30. The fraction of sp³-hybridized carbons (Fsp3) is 0.200. The van der Waals surface area contributed by atoms with Gasteiger partial charge in [-0.1, -0.05) is 30.3 Å². The molecule has 0 aliphatic carbocycles. The van der Waals surface area contributed by atoms with Crippen molar-refractivity contribution in [3.05, 3.63) is 66.9 Å². The zero-order chi connectivity index (χ0) is 14.7. The molecule has 0 saturated heterocycles. The van der Waals surface area contributed by atoms with Crippen LogP contribution < -0.4 is 11.3 Å². The van der Waals surface area contributed by atoms with Crippen molar-refractivity contribution in [3.63, 3.8) is 0 Å². The smallest absolute Gasteiger partial charge is 0.137 e. The van der Waals surface area contributed by atoms with Crippen molar-refractivity contribution in [3.8, 4) is 0 Å². The Morgan fingerprint density at radius 1 is 1.30 bits per heavy atom. The first-order valence-electron chi connectivity index (χ1n) is 6.18. The zero-order valence-electron chi connectivity index (χ0n) is 11.0. The topological polar surface area (TPSA) is 38.0 Å². The molecule has 106 valence electrons. The molecule has 3 N–H and O–H groups in total. The Morgan fingerprint density at radius 3 is 2.70 bits per heavy atom. The van der Waals surface area contributed by atoms with Crippen LogP contribution in [0.2, 0.25) is 0 Å². The number of hydrazine groups is 1. The van der Waals surface area contributed by atoms with Gasteiger partial charge in [-0.05, 0) is 74.6 Å². The van der Waals surface area contributed by atoms with Crippen LogP contribution in [0.15, 0.2) is 40.9 Å². The largest absolute Gasteiger partial charge is 0.271 e. The predicted molar refractivity (Wildman–Crippen MR) is 91.8 cm³/mol. The first-order chi connectivity index (χ1) is 9.54. The van der Waals surface area contributed by atoms with Gasteiger partial charge in [0.05, 0.1) is 10.5 Å². The van der Waals surface area contributed by atoms with E-state index in [1.165, 1.54) is 15.2 Å². The van der Waals surface area contributed by atoms with Crippen LogP contribution in [-0.4, -0.2) is 0 Å². The molecule has 2 rings (SSSR count). The summed E-state index contributed by atoms with van der Waals surface area (Å²) in [7, 11) is 0. The summed E-state index contributed by atoms with van der Waals surface area (Å²) in [6, 6.07) is 11.1. The maximum absolute atomic E-state index is 13.6. The minimum Gasteiger partial charge on any atom is -0.271 e. The maximum Gasteiger partial charge on any atom is 0.137 e. The summed E-state index contributed by atoms with van der Waals surface area (Å²) in [4.78, 5) is 0. The van der Waals surface area contributed by atoms with Crippen LogP contribution >= 0.6 is 38.5 Å². The van der Waals surface area contributed by atoms with Crippen LogP contribution in [0, 0.1) is 16.3 Å². The van der Waals surface area contributed by atoms with E-state index in [9.17, 15) is 4.39 Å². The van der Waals surface area contributed by atoms with Gasteiger partial charge >= 0.3 is 0 Å². The summed E-state index contributed by atoms with van der Waals surface area (Å²) in [6.07, 6.45) is 0.619. The van der Waals surface area contributed by atoms with Crippen LogP contribution in [0.5, 0.6) is 0 Å². The molecule has 0 fully saturated rings. The number of halogens is 3. The lowest BCUT2D eigenvalue weighted by atomic mass is 9.98. The van der Waals surface area contributed by atoms with Crippen molar-refractivity contribution in [2.75, 3.05) is 0 Å². The molecule has 0 radical (unpaired) electrons. The van der Waals surface area contributed by atoms with Gasteiger partial charge in [-0.25, -0.2) is 4.39 Å². The average Bonchev–Trinajstić information content (AvgIpc) is 2.44. The van der Waals surface area contributed by atoms with E-state index in [-0.39, 0.29) is 11.9 Å². The second-order valence-corrected chi connectivity index (χ2v) is 6.49. The van der Waals surface area contributed by atoms with Gasteiger partial charge in [-0.3, -0.25) is 11.3 Å². The molecule has 0 spiro atoms. The molecule has 1 atom stereocenters. The van der Waals surface area contributed by atoms with Crippen LogP contribution in [0.3, 0.4) is 0 Å². The Kier molecular flexibility index (Phi) is 5.54. The molecule has 0 heterocycles. The number of hydrogen-bond donors (Lipinski definition) is 2. The standard InChI is InChI=1S/C15H15BrFIN2/c1-9-4-2-6-11(15(9)18)13(20-19)8-10-5-3-7-12(17)14(10)16/h2-7,13,20H,8,19H2,1H3. The summed E-state index contributed by atoms with van der Waals surface area (Å²) in [6.45, 7) is 2.07. The van der Waals surface area contributed by atoms with E-state index in [1.54, 1.807) is 6.07 Å². The van der Waals surface area contributed by atoms with Crippen molar-refractivity contribution < 1.29 is 4.39 Å². The van der Waals surface area contributed by atoms with Crippen LogP contribution in [0.1, 0.15) is 22.7 Å². The molecule has 5 heteroatoms. The van der Waals surface area contributed by atoms with E-state index in [2.05, 4.69) is 56.9 Å². The molecule has 0 aliphatic rings. The lowest BCUT2D eigenvalue weighted by Gasteiger charge is -2.19. The quantitative estimate of drug-likeness (QED) is 0.417. The molecule has 0 aliphatic heterocycles. The normalized spacial score (nSPS) is 12.4. The molecule has 0 aromatic heterocycles. The van der Waals surface area contributed by atoms with E-state index >= 15 is 0 Å². The Balaban J connectivity index is 2.34. The van der Waals surface area contributed by atoms with Crippen molar-refractivity contribution in [2.45, 2.75) is 19.4 Å². The van der Waals surface area contributed by atoms with Crippen LogP contribution in [-0.2, 0) is 6.42 Å². The Hall–Kier alpha value is -0.500. The molecule has 20 heavy (non-hydrogen) atoms. The highest BCUT2D eigenvalue weighted by molar-refractivity contribution is 14.1. The van der Waals surface area contributed by atoms with Gasteiger partial charge in [-0.15, -0.1) is 0 Å². The minimum atomic E-state index is -0.253. The molecule has 2 nitrogen and oxygen atoms in total. The molecule has 0 saturated carbocycles. The van der Waals surface area contributed by atoms with E-state index in [4.69, 9.17) is 5.84 Å². The van der Waals surface area contributed by atoms with Crippen molar-refractivity contribution in [1.82, 2.24) is 5.43 Å². The third kappa shape index (κ3) is 3.39.